The number of methoxy groups -OCH3 is 1. The van der Waals surface area contributed by atoms with Crippen LogP contribution in [-0.4, -0.2) is 60.1 Å². The van der Waals surface area contributed by atoms with Gasteiger partial charge in [-0.15, -0.1) is 15.3 Å². The Kier molecular flexibility index (Phi) is 6.16. The Morgan fingerprint density at radius 2 is 1.88 bits per heavy atom. The molecule has 0 spiro atoms. The maximum absolute atomic E-state index is 12.4. The second-order valence-electron chi connectivity index (χ2n) is 7.24. The highest BCUT2D eigenvalue weighted by Gasteiger charge is 2.11. The van der Waals surface area contributed by atoms with E-state index in [0.717, 1.165) is 17.0 Å². The van der Waals surface area contributed by atoms with E-state index in [9.17, 15) is 4.79 Å². The Labute approximate surface area is 185 Å². The van der Waals surface area contributed by atoms with Crippen LogP contribution in [0.25, 0.3) is 17.0 Å². The average molecular weight is 432 g/mol. The molecule has 0 saturated carbocycles. The van der Waals surface area contributed by atoms with E-state index in [1.165, 1.54) is 0 Å². The molecule has 2 aromatic heterocycles. The largest absolute Gasteiger partial charge is 0.497 e. The zero-order valence-corrected chi connectivity index (χ0v) is 18.1. The predicted octanol–water partition coefficient (Wildman–Crippen LogP) is 2.67. The molecular formula is C23H24N6O3. The summed E-state index contributed by atoms with van der Waals surface area (Å²) in [5, 5.41) is 15.7. The van der Waals surface area contributed by atoms with Crippen molar-refractivity contribution in [2.24, 2.45) is 0 Å². The van der Waals surface area contributed by atoms with E-state index in [2.05, 4.69) is 20.6 Å². The molecule has 0 saturated heterocycles. The predicted molar refractivity (Wildman–Crippen MR) is 121 cm³/mol. The Hall–Kier alpha value is -4.14. The van der Waals surface area contributed by atoms with E-state index < -0.39 is 0 Å². The van der Waals surface area contributed by atoms with Crippen molar-refractivity contribution >= 4 is 17.2 Å². The van der Waals surface area contributed by atoms with Crippen molar-refractivity contribution in [2.75, 3.05) is 39.3 Å². The first-order valence-electron chi connectivity index (χ1n) is 10.1. The van der Waals surface area contributed by atoms with E-state index in [1.807, 2.05) is 61.5 Å². The second kappa shape index (κ2) is 9.34. The van der Waals surface area contributed by atoms with Crippen LogP contribution in [0.3, 0.4) is 0 Å². The summed E-state index contributed by atoms with van der Waals surface area (Å²) >= 11 is 0. The van der Waals surface area contributed by atoms with Crippen LogP contribution in [0.5, 0.6) is 11.6 Å². The molecule has 0 aliphatic heterocycles. The van der Waals surface area contributed by atoms with Gasteiger partial charge in [0.05, 0.1) is 13.7 Å². The molecule has 0 aliphatic carbocycles. The van der Waals surface area contributed by atoms with E-state index >= 15 is 0 Å². The van der Waals surface area contributed by atoms with E-state index in [1.54, 1.807) is 29.8 Å². The molecule has 0 radical (unpaired) electrons. The monoisotopic (exact) mass is 432 g/mol. The van der Waals surface area contributed by atoms with Gasteiger partial charge in [0.15, 0.2) is 11.5 Å². The van der Waals surface area contributed by atoms with Crippen LogP contribution in [0.15, 0.2) is 60.7 Å². The van der Waals surface area contributed by atoms with Gasteiger partial charge in [-0.3, -0.25) is 4.79 Å². The van der Waals surface area contributed by atoms with Gasteiger partial charge in [0, 0.05) is 37.0 Å². The Bertz CT molecular complexity index is 1220. The first-order valence-corrected chi connectivity index (χ1v) is 10.1. The lowest BCUT2D eigenvalue weighted by Crippen LogP contribution is -2.28. The van der Waals surface area contributed by atoms with Crippen LogP contribution in [-0.2, 0) is 0 Å². The molecule has 4 aromatic rings. The number of carbonyl (C=O) groups is 1. The summed E-state index contributed by atoms with van der Waals surface area (Å²) in [4.78, 5) is 14.3. The van der Waals surface area contributed by atoms with Gasteiger partial charge in [0.2, 0.25) is 5.88 Å². The van der Waals surface area contributed by atoms with Crippen LogP contribution in [0.4, 0.5) is 5.69 Å². The maximum Gasteiger partial charge on any atom is 0.251 e. The van der Waals surface area contributed by atoms with Crippen LogP contribution in [0, 0.1) is 0 Å². The second-order valence-corrected chi connectivity index (χ2v) is 7.24. The summed E-state index contributed by atoms with van der Waals surface area (Å²) in [7, 11) is 5.49. The summed E-state index contributed by atoms with van der Waals surface area (Å²) < 4.78 is 12.6. The topological polar surface area (TPSA) is 93.9 Å². The summed E-state index contributed by atoms with van der Waals surface area (Å²) in [5.74, 6) is 1.62. The van der Waals surface area contributed by atoms with Gasteiger partial charge < -0.3 is 19.7 Å². The molecule has 0 aliphatic rings. The van der Waals surface area contributed by atoms with Gasteiger partial charge in [-0.1, -0.05) is 6.07 Å². The van der Waals surface area contributed by atoms with Crippen molar-refractivity contribution in [1.82, 2.24) is 25.1 Å². The van der Waals surface area contributed by atoms with E-state index in [0.29, 0.717) is 29.5 Å². The molecule has 2 aromatic carbocycles. The van der Waals surface area contributed by atoms with Crippen LogP contribution >= 0.6 is 0 Å². The van der Waals surface area contributed by atoms with Gasteiger partial charge in [0.1, 0.15) is 12.4 Å². The van der Waals surface area contributed by atoms with Crippen LogP contribution < -0.4 is 19.7 Å². The lowest BCUT2D eigenvalue weighted by atomic mass is 10.2. The van der Waals surface area contributed by atoms with Crippen molar-refractivity contribution in [1.29, 1.82) is 0 Å². The first kappa shape index (κ1) is 21.1. The smallest absolute Gasteiger partial charge is 0.251 e. The maximum atomic E-state index is 12.4. The van der Waals surface area contributed by atoms with E-state index in [-0.39, 0.29) is 12.5 Å². The fraction of sp³-hybridized carbons (Fsp3) is 0.217. The molecule has 0 fully saturated rings. The summed E-state index contributed by atoms with van der Waals surface area (Å²) in [6.07, 6.45) is 0. The Balaban J connectivity index is 1.38. The highest BCUT2D eigenvalue weighted by atomic mass is 16.5. The number of benzene rings is 2. The number of hydrogen-bond donors (Lipinski definition) is 1. The number of amides is 1. The SMILES string of the molecule is COc1ccc(-c2nnc3ccc(OCCNC(=O)c4cccc(N(C)C)c4)nn23)cc1. The summed E-state index contributed by atoms with van der Waals surface area (Å²) in [5.41, 5.74) is 3.03. The lowest BCUT2D eigenvalue weighted by molar-refractivity contribution is 0.0946. The fourth-order valence-electron chi connectivity index (χ4n) is 3.12. The molecule has 164 valence electrons. The van der Waals surface area contributed by atoms with Gasteiger partial charge in [-0.25, -0.2) is 0 Å². The third-order valence-electron chi connectivity index (χ3n) is 4.85. The molecule has 4 rings (SSSR count). The lowest BCUT2D eigenvalue weighted by Gasteiger charge is -2.13. The van der Waals surface area contributed by atoms with Gasteiger partial charge in [0.25, 0.3) is 5.91 Å². The molecule has 1 amide bonds. The van der Waals surface area contributed by atoms with Crippen molar-refractivity contribution in [3.05, 3.63) is 66.2 Å². The quantitative estimate of drug-likeness (QED) is 0.428. The average Bonchev–Trinajstić information content (AvgIpc) is 3.25. The normalized spacial score (nSPS) is 10.7. The van der Waals surface area contributed by atoms with Crippen molar-refractivity contribution in [2.45, 2.75) is 0 Å². The number of anilines is 1. The summed E-state index contributed by atoms with van der Waals surface area (Å²) in [6, 6.07) is 18.5. The number of carbonyl (C=O) groups excluding carboxylic acids is 1. The minimum atomic E-state index is -0.152. The van der Waals surface area contributed by atoms with Gasteiger partial charge in [-0.05, 0) is 48.5 Å². The van der Waals surface area contributed by atoms with E-state index in [4.69, 9.17) is 9.47 Å². The number of nitrogens with zero attached hydrogens (tertiary/aromatic N) is 5. The molecule has 32 heavy (non-hydrogen) atoms. The molecule has 0 bridgehead atoms. The summed E-state index contributed by atoms with van der Waals surface area (Å²) in [6.45, 7) is 0.621. The van der Waals surface area contributed by atoms with Crippen LogP contribution in [0.1, 0.15) is 10.4 Å². The van der Waals surface area contributed by atoms with Crippen LogP contribution in [0.2, 0.25) is 0 Å². The molecule has 2 heterocycles. The third-order valence-corrected chi connectivity index (χ3v) is 4.85. The Morgan fingerprint density at radius 3 is 2.62 bits per heavy atom. The Morgan fingerprint density at radius 1 is 1.06 bits per heavy atom. The standard InChI is InChI=1S/C23H24N6O3/c1-28(2)18-6-4-5-17(15-18)23(30)24-13-14-32-21-12-11-20-25-26-22(29(20)27-21)16-7-9-19(31-3)10-8-16/h4-12,15H,13-14H2,1-3H3,(H,24,30). The molecule has 0 atom stereocenters. The molecule has 1 N–H and O–H groups in total. The minimum Gasteiger partial charge on any atom is -0.497 e. The minimum absolute atomic E-state index is 0.152. The number of nitrogens with one attached hydrogen (secondary N) is 1. The van der Waals surface area contributed by atoms with Crippen molar-refractivity contribution in [3.8, 4) is 23.0 Å². The number of aromatic nitrogens is 4. The molecule has 9 nitrogen and oxygen atoms in total. The zero-order valence-electron chi connectivity index (χ0n) is 18.1. The number of fused-ring (bicyclic) bond motifs is 1. The number of ether oxygens (including phenoxy) is 2. The van der Waals surface area contributed by atoms with Gasteiger partial charge in [-0.2, -0.15) is 4.52 Å². The number of hydrogen-bond acceptors (Lipinski definition) is 7. The zero-order chi connectivity index (χ0) is 22.5. The third kappa shape index (κ3) is 4.61. The van der Waals surface area contributed by atoms with Crippen molar-refractivity contribution in [3.63, 3.8) is 0 Å². The molecular weight excluding hydrogens is 408 g/mol. The molecule has 0 unspecified atom stereocenters. The van der Waals surface area contributed by atoms with Crippen molar-refractivity contribution < 1.29 is 14.3 Å². The highest BCUT2D eigenvalue weighted by molar-refractivity contribution is 5.95. The first-order chi connectivity index (χ1) is 15.5. The molecule has 9 heteroatoms. The van der Waals surface area contributed by atoms with Gasteiger partial charge >= 0.3 is 0 Å². The fourth-order valence-corrected chi connectivity index (χ4v) is 3.12. The highest BCUT2D eigenvalue weighted by Crippen LogP contribution is 2.21. The number of rotatable bonds is 8.